The van der Waals surface area contributed by atoms with E-state index in [4.69, 9.17) is 4.74 Å². The van der Waals surface area contributed by atoms with Crippen LogP contribution in [0.25, 0.3) is 10.8 Å². The van der Waals surface area contributed by atoms with Crippen molar-refractivity contribution in [3.8, 4) is 5.75 Å². The largest absolute Gasteiger partial charge is 0.471 e. The monoisotopic (exact) mass is 252 g/mol. The second-order valence-electron chi connectivity index (χ2n) is 4.43. The number of nitrogens with zero attached hydrogens (tertiary/aromatic N) is 1. The third kappa shape index (κ3) is 1.26. The summed E-state index contributed by atoms with van der Waals surface area (Å²) in [5.41, 5.74) is 1.79. The van der Waals surface area contributed by atoms with Gasteiger partial charge in [0.25, 0.3) is 11.8 Å². The Morgan fingerprint density at radius 1 is 1.16 bits per heavy atom. The molecule has 0 atom stereocenters. The third-order valence-corrected chi connectivity index (χ3v) is 3.40. The number of nitrogens with one attached hydrogen (secondary N) is 1. The molecule has 2 amide bonds. The zero-order valence-corrected chi connectivity index (χ0v) is 9.77. The van der Waals surface area contributed by atoms with Crippen LogP contribution in [0.15, 0.2) is 29.3 Å². The van der Waals surface area contributed by atoms with Crippen molar-refractivity contribution in [1.82, 2.24) is 5.32 Å². The van der Waals surface area contributed by atoms with Gasteiger partial charge in [-0.3, -0.25) is 19.9 Å². The van der Waals surface area contributed by atoms with Crippen LogP contribution in [0.5, 0.6) is 5.75 Å². The zero-order valence-electron chi connectivity index (χ0n) is 9.77. The molecular weight excluding hydrogens is 244 g/mol. The highest BCUT2D eigenvalue weighted by Gasteiger charge is 2.27. The Morgan fingerprint density at radius 3 is 2.89 bits per heavy atom. The minimum absolute atomic E-state index is 0.248. The first-order chi connectivity index (χ1) is 9.25. The lowest BCUT2D eigenvalue weighted by Gasteiger charge is -2.21. The lowest BCUT2D eigenvalue weighted by Crippen LogP contribution is -2.34. The van der Waals surface area contributed by atoms with Gasteiger partial charge in [-0.05, 0) is 17.5 Å². The summed E-state index contributed by atoms with van der Waals surface area (Å²) in [6.45, 7) is 0.248. The normalized spacial score (nSPS) is 16.0. The molecule has 5 heteroatoms. The number of rotatable bonds is 0. The van der Waals surface area contributed by atoms with Gasteiger partial charge in [0, 0.05) is 22.7 Å². The molecule has 0 saturated heterocycles. The summed E-state index contributed by atoms with van der Waals surface area (Å²) in [6.07, 6.45) is 1.72. The molecule has 2 heterocycles. The van der Waals surface area contributed by atoms with E-state index < -0.39 is 0 Å². The SMILES string of the molecule is O=C1NC(=O)c2cc3c(c4cccc1c24)C=NCO3. The quantitative estimate of drug-likeness (QED) is 0.722. The minimum Gasteiger partial charge on any atom is -0.471 e. The van der Waals surface area contributed by atoms with Gasteiger partial charge in [0.1, 0.15) is 5.75 Å². The minimum atomic E-state index is -0.386. The van der Waals surface area contributed by atoms with Gasteiger partial charge in [-0.2, -0.15) is 0 Å². The maximum absolute atomic E-state index is 11.9. The van der Waals surface area contributed by atoms with Crippen molar-refractivity contribution in [2.24, 2.45) is 4.99 Å². The Labute approximate surface area is 107 Å². The number of ether oxygens (including phenoxy) is 1. The van der Waals surface area contributed by atoms with Crippen molar-refractivity contribution in [3.05, 3.63) is 41.0 Å². The van der Waals surface area contributed by atoms with Crippen LogP contribution >= 0.6 is 0 Å². The molecule has 0 saturated carbocycles. The summed E-state index contributed by atoms with van der Waals surface area (Å²) in [7, 11) is 0. The number of hydrogen-bond acceptors (Lipinski definition) is 4. The molecule has 1 N–H and O–H groups in total. The van der Waals surface area contributed by atoms with Crippen molar-refractivity contribution < 1.29 is 14.3 Å². The molecular formula is C14H8N2O3. The number of hydrogen-bond donors (Lipinski definition) is 1. The van der Waals surface area contributed by atoms with Crippen LogP contribution < -0.4 is 10.1 Å². The van der Waals surface area contributed by atoms with Crippen LogP contribution in [0.3, 0.4) is 0 Å². The van der Waals surface area contributed by atoms with Crippen LogP contribution in [0.2, 0.25) is 0 Å². The maximum atomic E-state index is 11.9. The standard InChI is InChI=1S/C14H8N2O3/c17-13-8-3-1-2-7-10-5-15-6-19-11(10)4-9(12(7)8)14(18)16-13/h1-5H,6H2,(H,16,17,18). The second kappa shape index (κ2) is 3.41. The van der Waals surface area contributed by atoms with Crippen molar-refractivity contribution in [2.75, 3.05) is 6.73 Å². The van der Waals surface area contributed by atoms with Gasteiger partial charge in [-0.25, -0.2) is 0 Å². The molecule has 5 nitrogen and oxygen atoms in total. The van der Waals surface area contributed by atoms with E-state index in [1.165, 1.54) is 0 Å². The predicted molar refractivity (Wildman–Crippen MR) is 68.8 cm³/mol. The molecule has 0 aromatic heterocycles. The molecule has 4 rings (SSSR count). The number of carbonyl (C=O) groups excluding carboxylic acids is 2. The van der Waals surface area contributed by atoms with Gasteiger partial charge in [0.15, 0.2) is 6.73 Å². The van der Waals surface area contributed by atoms with Gasteiger partial charge >= 0.3 is 0 Å². The van der Waals surface area contributed by atoms with Crippen molar-refractivity contribution in [2.45, 2.75) is 0 Å². The van der Waals surface area contributed by atoms with Crippen LogP contribution in [-0.2, 0) is 0 Å². The molecule has 0 spiro atoms. The van der Waals surface area contributed by atoms with Gasteiger partial charge in [-0.1, -0.05) is 12.1 Å². The number of aliphatic imine (C=N–C) groups is 1. The van der Waals surface area contributed by atoms with Gasteiger partial charge in [0.2, 0.25) is 0 Å². The molecule has 0 fully saturated rings. The fraction of sp³-hybridized carbons (Fsp3) is 0.0714. The van der Waals surface area contributed by atoms with E-state index in [0.29, 0.717) is 22.3 Å². The Kier molecular flexibility index (Phi) is 1.84. The summed E-state index contributed by atoms with van der Waals surface area (Å²) in [4.78, 5) is 27.9. The molecule has 2 aromatic rings. The first-order valence-corrected chi connectivity index (χ1v) is 5.84. The van der Waals surface area contributed by atoms with Crippen LogP contribution in [0, 0.1) is 0 Å². The van der Waals surface area contributed by atoms with Crippen molar-refractivity contribution in [3.63, 3.8) is 0 Å². The van der Waals surface area contributed by atoms with Gasteiger partial charge < -0.3 is 4.74 Å². The Morgan fingerprint density at radius 2 is 2.00 bits per heavy atom. The smallest absolute Gasteiger partial charge is 0.258 e. The Balaban J connectivity index is 2.23. The van der Waals surface area contributed by atoms with Crippen LogP contribution in [0.4, 0.5) is 0 Å². The summed E-state index contributed by atoms with van der Waals surface area (Å²) >= 11 is 0. The van der Waals surface area contributed by atoms with E-state index in [-0.39, 0.29) is 18.5 Å². The lowest BCUT2D eigenvalue weighted by molar-refractivity contribution is 0.0844. The van der Waals surface area contributed by atoms with Crippen molar-refractivity contribution in [1.29, 1.82) is 0 Å². The Hall–Kier alpha value is -2.69. The zero-order chi connectivity index (χ0) is 13.0. The summed E-state index contributed by atoms with van der Waals surface area (Å²) in [5, 5.41) is 3.82. The van der Waals surface area contributed by atoms with E-state index in [2.05, 4.69) is 10.3 Å². The molecule has 92 valence electrons. The highest BCUT2D eigenvalue weighted by atomic mass is 16.5. The topological polar surface area (TPSA) is 67.8 Å². The third-order valence-electron chi connectivity index (χ3n) is 3.40. The van der Waals surface area contributed by atoms with E-state index in [1.54, 1.807) is 24.4 Å². The molecule has 2 aliphatic rings. The molecule has 0 aliphatic carbocycles. The van der Waals surface area contributed by atoms with E-state index in [9.17, 15) is 9.59 Å². The average Bonchev–Trinajstić information content (AvgIpc) is 2.44. The number of imide groups is 1. The molecule has 0 radical (unpaired) electrons. The first-order valence-electron chi connectivity index (χ1n) is 5.84. The van der Waals surface area contributed by atoms with Crippen molar-refractivity contribution >= 4 is 28.8 Å². The van der Waals surface area contributed by atoms with E-state index >= 15 is 0 Å². The van der Waals surface area contributed by atoms with E-state index in [1.807, 2.05) is 6.07 Å². The Bertz CT molecular complexity index is 793. The number of carbonyl (C=O) groups is 2. The first kappa shape index (κ1) is 10.3. The van der Waals surface area contributed by atoms with E-state index in [0.717, 1.165) is 10.9 Å². The van der Waals surface area contributed by atoms with Crippen LogP contribution in [-0.4, -0.2) is 24.8 Å². The summed E-state index contributed by atoms with van der Waals surface area (Å²) in [5.74, 6) is -0.126. The van der Waals surface area contributed by atoms with Gasteiger partial charge in [-0.15, -0.1) is 0 Å². The number of fused-ring (bicyclic) bond motifs is 2. The maximum Gasteiger partial charge on any atom is 0.258 e. The predicted octanol–water partition coefficient (Wildman–Crippen LogP) is 1.49. The number of amides is 2. The lowest BCUT2D eigenvalue weighted by atomic mass is 9.91. The highest BCUT2D eigenvalue weighted by Crippen LogP contribution is 2.35. The molecule has 2 aromatic carbocycles. The highest BCUT2D eigenvalue weighted by molar-refractivity contribution is 6.27. The molecule has 19 heavy (non-hydrogen) atoms. The summed E-state index contributed by atoms with van der Waals surface area (Å²) in [6, 6.07) is 7.04. The molecule has 0 bridgehead atoms. The van der Waals surface area contributed by atoms with Gasteiger partial charge in [0.05, 0.1) is 5.56 Å². The molecule has 2 aliphatic heterocycles. The fourth-order valence-electron chi connectivity index (χ4n) is 2.57. The number of benzene rings is 2. The summed E-state index contributed by atoms with van der Waals surface area (Å²) < 4.78 is 5.45. The second-order valence-corrected chi connectivity index (χ2v) is 4.43. The van der Waals surface area contributed by atoms with Crippen LogP contribution in [0.1, 0.15) is 26.3 Å². The average molecular weight is 252 g/mol. The fourth-order valence-corrected chi connectivity index (χ4v) is 2.57. The molecule has 0 unspecified atom stereocenters.